The van der Waals surface area contributed by atoms with Gasteiger partial charge in [-0.05, 0) is 25.7 Å². The highest BCUT2D eigenvalue weighted by Gasteiger charge is 2.54. The van der Waals surface area contributed by atoms with E-state index in [1.54, 1.807) is 0 Å². The van der Waals surface area contributed by atoms with Gasteiger partial charge in [0.25, 0.3) is 5.92 Å². The molecule has 0 atom stereocenters. The maximum absolute atomic E-state index is 13.1. The topological polar surface area (TPSA) is 26.0 Å². The van der Waals surface area contributed by atoms with E-state index in [1.165, 1.54) is 0 Å². The lowest BCUT2D eigenvalue weighted by Crippen LogP contribution is -2.56. The smallest absolute Gasteiger partial charge is 0.252 e. The van der Waals surface area contributed by atoms with E-state index in [9.17, 15) is 8.78 Å². The first-order chi connectivity index (χ1) is 5.02. The maximum Gasteiger partial charge on any atom is 0.252 e. The molecule has 0 unspecified atom stereocenters. The summed E-state index contributed by atoms with van der Waals surface area (Å²) in [6, 6.07) is 0. The minimum absolute atomic E-state index is 0.0787. The summed E-state index contributed by atoms with van der Waals surface area (Å²) < 4.78 is 26.1. The Morgan fingerprint density at radius 1 is 1.18 bits per heavy atom. The van der Waals surface area contributed by atoms with E-state index in [-0.39, 0.29) is 12.3 Å². The molecule has 0 saturated heterocycles. The van der Waals surface area contributed by atoms with E-state index in [0.717, 1.165) is 12.8 Å². The number of hydrogen-bond donors (Lipinski definition) is 1. The molecule has 0 aromatic rings. The normalized spacial score (nSPS) is 47.7. The van der Waals surface area contributed by atoms with Crippen molar-refractivity contribution in [2.45, 2.75) is 43.6 Å². The Kier molecular flexibility index (Phi) is 1.32. The van der Waals surface area contributed by atoms with Crippen LogP contribution in [-0.4, -0.2) is 11.5 Å². The van der Waals surface area contributed by atoms with E-state index >= 15 is 0 Å². The van der Waals surface area contributed by atoms with E-state index in [0.29, 0.717) is 12.8 Å². The number of rotatable bonds is 0. The Balaban J connectivity index is 2.22. The predicted molar refractivity (Wildman–Crippen MR) is 38.4 cm³/mol. The molecule has 0 aliphatic heterocycles. The van der Waals surface area contributed by atoms with Crippen molar-refractivity contribution >= 4 is 0 Å². The highest BCUT2D eigenvalue weighted by atomic mass is 19.3. The van der Waals surface area contributed by atoms with Gasteiger partial charge in [0.1, 0.15) is 0 Å². The predicted octanol–water partition coefficient (Wildman–Crippen LogP) is 1.91. The first-order valence-electron chi connectivity index (χ1n) is 4.19. The zero-order valence-electron chi connectivity index (χ0n) is 6.45. The number of hydrogen-bond acceptors (Lipinski definition) is 1. The number of alkyl halides is 2. The lowest BCUT2D eigenvalue weighted by Gasteiger charge is -2.48. The number of halogens is 2. The van der Waals surface area contributed by atoms with Crippen molar-refractivity contribution in [3.8, 4) is 0 Å². The fraction of sp³-hybridized carbons (Fsp3) is 1.00. The molecule has 3 aliphatic carbocycles. The summed E-state index contributed by atoms with van der Waals surface area (Å²) in [5.41, 5.74) is 5.26. The Labute approximate surface area is 65.0 Å². The standard InChI is InChI=1S/C8H13F2N/c9-8(10)5-7(11)3-1-6(8)2-4-7/h6H,1-5,11H2. The summed E-state index contributed by atoms with van der Waals surface area (Å²) in [5, 5.41) is 0. The first-order valence-corrected chi connectivity index (χ1v) is 4.19. The average molecular weight is 161 g/mol. The van der Waals surface area contributed by atoms with Crippen molar-refractivity contribution < 1.29 is 8.78 Å². The van der Waals surface area contributed by atoms with Crippen LogP contribution in [0.4, 0.5) is 8.78 Å². The van der Waals surface area contributed by atoms with Crippen LogP contribution in [0.25, 0.3) is 0 Å². The van der Waals surface area contributed by atoms with Crippen LogP contribution in [0.2, 0.25) is 0 Å². The second kappa shape index (κ2) is 1.94. The molecule has 3 saturated carbocycles. The van der Waals surface area contributed by atoms with Gasteiger partial charge in [0.05, 0.1) is 0 Å². The van der Waals surface area contributed by atoms with Crippen LogP contribution in [0.5, 0.6) is 0 Å². The lowest BCUT2D eigenvalue weighted by molar-refractivity contribution is -0.137. The van der Waals surface area contributed by atoms with Gasteiger partial charge in [0, 0.05) is 17.9 Å². The number of nitrogens with two attached hydrogens (primary N) is 1. The van der Waals surface area contributed by atoms with Gasteiger partial charge in [0.15, 0.2) is 0 Å². The largest absolute Gasteiger partial charge is 0.325 e. The van der Waals surface area contributed by atoms with Crippen molar-refractivity contribution in [2.75, 3.05) is 0 Å². The Morgan fingerprint density at radius 2 is 1.73 bits per heavy atom. The molecule has 0 aromatic heterocycles. The zero-order chi connectivity index (χ0) is 8.11. The Hall–Kier alpha value is -0.180. The van der Waals surface area contributed by atoms with Crippen molar-refractivity contribution in [3.05, 3.63) is 0 Å². The van der Waals surface area contributed by atoms with Crippen LogP contribution < -0.4 is 5.73 Å². The molecule has 3 rings (SSSR count). The van der Waals surface area contributed by atoms with Crippen LogP contribution in [0.3, 0.4) is 0 Å². The summed E-state index contributed by atoms with van der Waals surface area (Å²) in [7, 11) is 0. The van der Waals surface area contributed by atoms with Crippen LogP contribution in [0, 0.1) is 5.92 Å². The molecule has 0 amide bonds. The van der Waals surface area contributed by atoms with Crippen LogP contribution >= 0.6 is 0 Å². The third-order valence-electron chi connectivity index (χ3n) is 3.17. The summed E-state index contributed by atoms with van der Waals surface area (Å²) in [6.45, 7) is 0. The highest BCUT2D eigenvalue weighted by Crippen LogP contribution is 2.51. The maximum atomic E-state index is 13.1. The molecule has 0 heterocycles. The summed E-state index contributed by atoms with van der Waals surface area (Å²) in [6.07, 6.45) is 2.78. The molecule has 3 heteroatoms. The first kappa shape index (κ1) is 7.47. The molecule has 3 fully saturated rings. The molecule has 2 bridgehead atoms. The molecule has 64 valence electrons. The minimum atomic E-state index is -2.47. The fourth-order valence-corrected chi connectivity index (χ4v) is 2.41. The SMILES string of the molecule is NC12CCC(CC1)C(F)(F)C2. The van der Waals surface area contributed by atoms with Gasteiger partial charge < -0.3 is 5.73 Å². The monoisotopic (exact) mass is 161 g/mol. The van der Waals surface area contributed by atoms with Gasteiger partial charge in [-0.15, -0.1) is 0 Å². The molecule has 3 aliphatic rings. The molecule has 0 aromatic carbocycles. The van der Waals surface area contributed by atoms with E-state index in [4.69, 9.17) is 5.73 Å². The van der Waals surface area contributed by atoms with Crippen LogP contribution in [0.15, 0.2) is 0 Å². The summed E-state index contributed by atoms with van der Waals surface area (Å²) in [5.74, 6) is -2.83. The minimum Gasteiger partial charge on any atom is -0.325 e. The van der Waals surface area contributed by atoms with Gasteiger partial charge >= 0.3 is 0 Å². The van der Waals surface area contributed by atoms with E-state index in [2.05, 4.69) is 0 Å². The van der Waals surface area contributed by atoms with Gasteiger partial charge in [-0.2, -0.15) is 0 Å². The molecule has 0 spiro atoms. The highest BCUT2D eigenvalue weighted by molar-refractivity contribution is 5.03. The lowest BCUT2D eigenvalue weighted by atomic mass is 9.64. The third-order valence-corrected chi connectivity index (χ3v) is 3.17. The zero-order valence-corrected chi connectivity index (χ0v) is 6.45. The second-order valence-electron chi connectivity index (χ2n) is 4.07. The summed E-state index contributed by atoms with van der Waals surface area (Å²) >= 11 is 0. The number of fused-ring (bicyclic) bond motifs is 3. The molecule has 11 heavy (non-hydrogen) atoms. The molecule has 2 N–H and O–H groups in total. The second-order valence-corrected chi connectivity index (χ2v) is 4.07. The van der Waals surface area contributed by atoms with Crippen LogP contribution in [0.1, 0.15) is 32.1 Å². The van der Waals surface area contributed by atoms with Crippen LogP contribution in [-0.2, 0) is 0 Å². The third kappa shape index (κ3) is 1.06. The Bertz CT molecular complexity index is 168. The van der Waals surface area contributed by atoms with Gasteiger partial charge in [-0.1, -0.05) is 0 Å². The fourth-order valence-electron chi connectivity index (χ4n) is 2.41. The van der Waals surface area contributed by atoms with Gasteiger partial charge in [0.2, 0.25) is 0 Å². The van der Waals surface area contributed by atoms with Crippen molar-refractivity contribution in [1.29, 1.82) is 0 Å². The molecular formula is C8H13F2N. The molecule has 1 nitrogen and oxygen atoms in total. The summed E-state index contributed by atoms with van der Waals surface area (Å²) in [4.78, 5) is 0. The van der Waals surface area contributed by atoms with Crippen molar-refractivity contribution in [3.63, 3.8) is 0 Å². The Morgan fingerprint density at radius 3 is 2.00 bits per heavy atom. The van der Waals surface area contributed by atoms with E-state index in [1.807, 2.05) is 0 Å². The molecular weight excluding hydrogens is 148 g/mol. The van der Waals surface area contributed by atoms with Gasteiger partial charge in [-0.25, -0.2) is 8.78 Å². The molecule has 0 radical (unpaired) electrons. The van der Waals surface area contributed by atoms with Crippen molar-refractivity contribution in [1.82, 2.24) is 0 Å². The average Bonchev–Trinajstić information content (AvgIpc) is 1.84. The quantitative estimate of drug-likeness (QED) is 0.577. The van der Waals surface area contributed by atoms with Crippen molar-refractivity contribution in [2.24, 2.45) is 11.7 Å². The van der Waals surface area contributed by atoms with Gasteiger partial charge in [-0.3, -0.25) is 0 Å². The van der Waals surface area contributed by atoms with E-state index < -0.39 is 11.5 Å².